The van der Waals surface area contributed by atoms with Gasteiger partial charge in [-0.3, -0.25) is 9.78 Å². The highest BCUT2D eigenvalue weighted by Crippen LogP contribution is 2.23. The molecule has 0 saturated carbocycles. The topological polar surface area (TPSA) is 107 Å². The minimum atomic E-state index is -3.77. The van der Waals surface area contributed by atoms with E-state index in [-0.39, 0.29) is 28.0 Å². The highest BCUT2D eigenvalue weighted by molar-refractivity contribution is 7.91. The predicted octanol–water partition coefficient (Wildman–Crippen LogP) is 4.43. The number of nitrogens with one attached hydrogen (secondary N) is 1. The van der Waals surface area contributed by atoms with E-state index in [1.54, 1.807) is 60.9 Å². The summed E-state index contributed by atoms with van der Waals surface area (Å²) in [5.41, 5.74) is 1.92. The van der Waals surface area contributed by atoms with E-state index in [9.17, 15) is 13.2 Å². The first kappa shape index (κ1) is 21.9. The molecule has 0 radical (unpaired) electrons. The summed E-state index contributed by atoms with van der Waals surface area (Å²) in [5, 5.41) is 8.23. The molecule has 1 amide bonds. The van der Waals surface area contributed by atoms with Gasteiger partial charge in [0, 0.05) is 29.3 Å². The van der Waals surface area contributed by atoms with Gasteiger partial charge in [0.25, 0.3) is 5.91 Å². The zero-order valence-electron chi connectivity index (χ0n) is 17.6. The Morgan fingerprint density at radius 2 is 1.85 bits per heavy atom. The van der Waals surface area contributed by atoms with E-state index in [1.807, 2.05) is 0 Å². The van der Waals surface area contributed by atoms with Crippen LogP contribution in [0.2, 0.25) is 5.02 Å². The molecule has 0 saturated heterocycles. The van der Waals surface area contributed by atoms with Crippen molar-refractivity contribution in [1.29, 1.82) is 0 Å². The molecular weight excluding hydrogens is 476 g/mol. The molecule has 0 aliphatic carbocycles. The summed E-state index contributed by atoms with van der Waals surface area (Å²) in [6.45, 7) is 0.209. The predicted molar refractivity (Wildman–Crippen MR) is 126 cm³/mol. The van der Waals surface area contributed by atoms with Gasteiger partial charge >= 0.3 is 0 Å². The maximum Gasteiger partial charge on any atom is 0.287 e. The molecule has 5 aromatic rings. The number of hydrogen-bond donors (Lipinski definition) is 1. The van der Waals surface area contributed by atoms with Crippen LogP contribution in [0.15, 0.2) is 99.7 Å². The second kappa shape index (κ2) is 8.77. The summed E-state index contributed by atoms with van der Waals surface area (Å²) in [7, 11) is -3.77. The van der Waals surface area contributed by atoms with Gasteiger partial charge in [-0.1, -0.05) is 29.8 Å². The van der Waals surface area contributed by atoms with Crippen molar-refractivity contribution >= 4 is 38.3 Å². The average molecular weight is 493 g/mol. The molecule has 0 bridgehead atoms. The number of rotatable bonds is 6. The number of pyridine rings is 1. The Kier molecular flexibility index (Phi) is 5.64. The highest BCUT2D eigenvalue weighted by atomic mass is 35.5. The molecule has 0 unspecified atom stereocenters. The molecule has 0 spiro atoms. The van der Waals surface area contributed by atoms with Crippen LogP contribution in [-0.4, -0.2) is 29.1 Å². The number of nitrogens with zero attached hydrogens (tertiary/aromatic N) is 3. The number of benzene rings is 2. The average Bonchev–Trinajstić information content (AvgIpc) is 3.51. The standard InChI is InChI=1S/C24H17ClN4O4S/c25-18-2-1-3-19(11-18)29-15-21(13-28-29)34(31,32)20-6-4-16(5-7-20)12-27-24(30)22-10-17-8-9-26-14-23(17)33-22/h1-11,13-15H,12H2,(H,27,30). The molecule has 8 nitrogen and oxygen atoms in total. The molecule has 3 heterocycles. The van der Waals surface area contributed by atoms with Crippen LogP contribution in [0.3, 0.4) is 0 Å². The third kappa shape index (κ3) is 4.30. The van der Waals surface area contributed by atoms with Crippen LogP contribution in [0.1, 0.15) is 16.1 Å². The molecular formula is C24H17ClN4O4S. The molecule has 34 heavy (non-hydrogen) atoms. The normalized spacial score (nSPS) is 11.6. The van der Waals surface area contributed by atoms with Crippen molar-refractivity contribution in [1.82, 2.24) is 20.1 Å². The summed E-state index contributed by atoms with van der Waals surface area (Å²) in [5.74, 6) is -0.194. The maximum atomic E-state index is 13.0. The van der Waals surface area contributed by atoms with Crippen molar-refractivity contribution < 1.29 is 17.6 Å². The van der Waals surface area contributed by atoms with Crippen molar-refractivity contribution in [3.05, 3.63) is 102 Å². The van der Waals surface area contributed by atoms with Crippen LogP contribution in [0.4, 0.5) is 0 Å². The second-order valence-corrected chi connectivity index (χ2v) is 9.84. The van der Waals surface area contributed by atoms with Crippen LogP contribution in [0.5, 0.6) is 0 Å². The van der Waals surface area contributed by atoms with Gasteiger partial charge < -0.3 is 9.73 Å². The highest BCUT2D eigenvalue weighted by Gasteiger charge is 2.20. The van der Waals surface area contributed by atoms with Crippen LogP contribution >= 0.6 is 11.6 Å². The summed E-state index contributed by atoms with van der Waals surface area (Å²) < 4.78 is 33.0. The van der Waals surface area contributed by atoms with Gasteiger partial charge in [0.1, 0.15) is 4.90 Å². The number of aromatic nitrogens is 3. The van der Waals surface area contributed by atoms with E-state index in [1.165, 1.54) is 29.2 Å². The lowest BCUT2D eigenvalue weighted by atomic mass is 10.2. The molecule has 1 N–H and O–H groups in total. The summed E-state index contributed by atoms with van der Waals surface area (Å²) in [4.78, 5) is 16.6. The third-order valence-electron chi connectivity index (χ3n) is 5.18. The Morgan fingerprint density at radius 3 is 2.62 bits per heavy atom. The Labute approximate surface area is 199 Å². The number of carbonyl (C=O) groups is 1. The van der Waals surface area contributed by atoms with E-state index < -0.39 is 9.84 Å². The summed E-state index contributed by atoms with van der Waals surface area (Å²) >= 11 is 6.01. The number of furan rings is 1. The zero-order chi connectivity index (χ0) is 23.7. The Balaban J connectivity index is 1.28. The van der Waals surface area contributed by atoms with Gasteiger partial charge in [0.05, 0.1) is 23.0 Å². The monoisotopic (exact) mass is 492 g/mol. The first-order valence-corrected chi connectivity index (χ1v) is 12.0. The Hall–Kier alpha value is -3.95. The lowest BCUT2D eigenvalue weighted by molar-refractivity contribution is 0.0925. The third-order valence-corrected chi connectivity index (χ3v) is 7.13. The number of fused-ring (bicyclic) bond motifs is 1. The van der Waals surface area contributed by atoms with Crippen LogP contribution in [-0.2, 0) is 16.4 Å². The molecule has 0 aliphatic heterocycles. The van der Waals surface area contributed by atoms with Crippen LogP contribution < -0.4 is 5.32 Å². The van der Waals surface area contributed by atoms with Crippen molar-refractivity contribution in [3.8, 4) is 5.69 Å². The van der Waals surface area contributed by atoms with Crippen molar-refractivity contribution in [2.75, 3.05) is 0 Å². The minimum Gasteiger partial charge on any atom is -0.449 e. The molecule has 0 aliphatic rings. The number of carbonyl (C=O) groups excluding carboxylic acids is 1. The van der Waals surface area contributed by atoms with Crippen LogP contribution in [0.25, 0.3) is 16.7 Å². The van der Waals surface area contributed by atoms with Gasteiger partial charge in [-0.25, -0.2) is 13.1 Å². The SMILES string of the molecule is O=C(NCc1ccc(S(=O)(=O)c2cnn(-c3cccc(Cl)c3)c2)cc1)c1cc2ccncc2o1. The van der Waals surface area contributed by atoms with E-state index >= 15 is 0 Å². The van der Waals surface area contributed by atoms with E-state index in [2.05, 4.69) is 15.4 Å². The molecule has 5 rings (SSSR count). The van der Waals surface area contributed by atoms with Gasteiger partial charge in [0.15, 0.2) is 11.3 Å². The lowest BCUT2D eigenvalue weighted by Gasteiger charge is -2.06. The fraction of sp³-hybridized carbons (Fsp3) is 0.0417. The molecule has 170 valence electrons. The number of sulfone groups is 1. The molecule has 3 aromatic heterocycles. The van der Waals surface area contributed by atoms with E-state index in [0.29, 0.717) is 16.3 Å². The fourth-order valence-corrected chi connectivity index (χ4v) is 4.77. The minimum absolute atomic E-state index is 0.0629. The number of halogens is 1. The fourth-order valence-electron chi connectivity index (χ4n) is 3.39. The number of amides is 1. The molecule has 10 heteroatoms. The smallest absolute Gasteiger partial charge is 0.287 e. The lowest BCUT2D eigenvalue weighted by Crippen LogP contribution is -2.22. The van der Waals surface area contributed by atoms with Crippen molar-refractivity contribution in [3.63, 3.8) is 0 Å². The summed E-state index contributed by atoms with van der Waals surface area (Å²) in [6.07, 6.45) is 5.91. The first-order chi connectivity index (χ1) is 16.4. The second-order valence-electron chi connectivity index (χ2n) is 7.45. The van der Waals surface area contributed by atoms with Gasteiger partial charge in [-0.15, -0.1) is 0 Å². The maximum absolute atomic E-state index is 13.0. The van der Waals surface area contributed by atoms with Gasteiger partial charge in [0.2, 0.25) is 9.84 Å². The van der Waals surface area contributed by atoms with E-state index in [4.69, 9.17) is 16.0 Å². The largest absolute Gasteiger partial charge is 0.449 e. The molecule has 0 atom stereocenters. The summed E-state index contributed by atoms with van der Waals surface area (Å²) in [6, 6.07) is 16.7. The van der Waals surface area contributed by atoms with Crippen LogP contribution in [0, 0.1) is 0 Å². The number of hydrogen-bond acceptors (Lipinski definition) is 6. The van der Waals surface area contributed by atoms with Gasteiger partial charge in [-0.05, 0) is 48.0 Å². The Morgan fingerprint density at radius 1 is 1.03 bits per heavy atom. The first-order valence-electron chi connectivity index (χ1n) is 10.2. The van der Waals surface area contributed by atoms with E-state index in [0.717, 1.165) is 10.9 Å². The van der Waals surface area contributed by atoms with Crippen molar-refractivity contribution in [2.24, 2.45) is 0 Å². The van der Waals surface area contributed by atoms with Gasteiger partial charge in [-0.2, -0.15) is 5.10 Å². The molecule has 2 aromatic carbocycles. The van der Waals surface area contributed by atoms with Crippen molar-refractivity contribution in [2.45, 2.75) is 16.3 Å². The Bertz CT molecular complexity index is 1570. The zero-order valence-corrected chi connectivity index (χ0v) is 19.1. The quantitative estimate of drug-likeness (QED) is 0.376. The molecule has 0 fully saturated rings.